The predicted molar refractivity (Wildman–Crippen MR) is 67.9 cm³/mol. The number of rotatable bonds is 2. The van der Waals surface area contributed by atoms with Gasteiger partial charge < -0.3 is 5.32 Å². The first kappa shape index (κ1) is 11.9. The fourth-order valence-corrected chi connectivity index (χ4v) is 2.79. The lowest BCUT2D eigenvalue weighted by atomic mass is 10.3. The molecule has 0 fully saturated rings. The summed E-state index contributed by atoms with van der Waals surface area (Å²) in [6.45, 7) is 3.83. The molecule has 17 heavy (non-hydrogen) atoms. The highest BCUT2D eigenvalue weighted by Crippen LogP contribution is 2.27. The van der Waals surface area contributed by atoms with E-state index in [2.05, 4.69) is 21.6 Å². The standard InChI is InChI=1S/C10H10ClN3O2S/c1-2-5-12-10-13-8-4-3-7(11)6-9(8)17(15,16)14-10/h2-4,6H,1,5H2,(H2,12,13,14). The minimum atomic E-state index is -3.61. The third kappa shape index (κ3) is 2.42. The van der Waals surface area contributed by atoms with Crippen LogP contribution in [0, 0.1) is 0 Å². The average Bonchev–Trinajstić information content (AvgIpc) is 2.27. The van der Waals surface area contributed by atoms with Gasteiger partial charge in [-0.05, 0) is 18.2 Å². The maximum Gasteiger partial charge on any atom is 0.266 e. The molecule has 1 aromatic rings. The van der Waals surface area contributed by atoms with Gasteiger partial charge in [-0.2, -0.15) is 0 Å². The monoisotopic (exact) mass is 271 g/mol. The lowest BCUT2D eigenvalue weighted by Crippen LogP contribution is -2.40. The molecule has 0 aliphatic carbocycles. The largest absolute Gasteiger partial charge is 0.324 e. The number of sulfonamides is 1. The number of aliphatic imine (C=N–C) groups is 1. The highest BCUT2D eigenvalue weighted by molar-refractivity contribution is 7.90. The third-order valence-corrected chi connectivity index (χ3v) is 3.71. The van der Waals surface area contributed by atoms with Gasteiger partial charge in [-0.3, -0.25) is 0 Å². The number of benzene rings is 1. The Hall–Kier alpha value is -1.53. The van der Waals surface area contributed by atoms with Gasteiger partial charge in [0.15, 0.2) is 0 Å². The van der Waals surface area contributed by atoms with Gasteiger partial charge in [-0.25, -0.2) is 18.1 Å². The van der Waals surface area contributed by atoms with Crippen molar-refractivity contribution in [3.63, 3.8) is 0 Å². The van der Waals surface area contributed by atoms with Crippen LogP contribution in [0.1, 0.15) is 0 Å². The Bertz CT molecular complexity index is 596. The Labute approximate surface area is 104 Å². The third-order valence-electron chi connectivity index (χ3n) is 2.10. The van der Waals surface area contributed by atoms with E-state index in [1.807, 2.05) is 0 Å². The summed E-state index contributed by atoms with van der Waals surface area (Å²) in [5.41, 5.74) is 0.455. The first-order chi connectivity index (χ1) is 8.03. The van der Waals surface area contributed by atoms with Crippen molar-refractivity contribution in [2.75, 3.05) is 11.9 Å². The number of guanidine groups is 1. The van der Waals surface area contributed by atoms with Crippen LogP contribution in [0.4, 0.5) is 5.69 Å². The molecular weight excluding hydrogens is 262 g/mol. The zero-order valence-electron chi connectivity index (χ0n) is 8.77. The SMILES string of the molecule is C=CCN=C1Nc2ccc(Cl)cc2S(=O)(=O)N1. The van der Waals surface area contributed by atoms with Crippen molar-refractivity contribution in [2.45, 2.75) is 4.90 Å². The highest BCUT2D eigenvalue weighted by Gasteiger charge is 2.26. The summed E-state index contributed by atoms with van der Waals surface area (Å²) >= 11 is 5.76. The molecule has 1 heterocycles. The molecule has 0 aromatic heterocycles. The van der Waals surface area contributed by atoms with E-state index in [-0.39, 0.29) is 10.9 Å². The van der Waals surface area contributed by atoms with Crippen LogP contribution in [0.5, 0.6) is 0 Å². The summed E-state index contributed by atoms with van der Waals surface area (Å²) in [5.74, 6) is 0.180. The van der Waals surface area contributed by atoms with Crippen molar-refractivity contribution in [3.05, 3.63) is 35.9 Å². The molecule has 1 aromatic carbocycles. The van der Waals surface area contributed by atoms with E-state index in [0.717, 1.165) is 0 Å². The molecule has 90 valence electrons. The van der Waals surface area contributed by atoms with E-state index in [1.165, 1.54) is 6.07 Å². The molecular formula is C10H10ClN3O2S. The van der Waals surface area contributed by atoms with Crippen LogP contribution in [0.25, 0.3) is 0 Å². The van der Waals surface area contributed by atoms with E-state index in [4.69, 9.17) is 11.6 Å². The van der Waals surface area contributed by atoms with Gasteiger partial charge in [0.25, 0.3) is 10.0 Å². The fourth-order valence-electron chi connectivity index (χ4n) is 1.38. The smallest absolute Gasteiger partial charge is 0.266 e. The van der Waals surface area contributed by atoms with Crippen LogP contribution in [0.3, 0.4) is 0 Å². The van der Waals surface area contributed by atoms with Crippen molar-refractivity contribution in [1.82, 2.24) is 4.72 Å². The van der Waals surface area contributed by atoms with E-state index >= 15 is 0 Å². The minimum Gasteiger partial charge on any atom is -0.324 e. The van der Waals surface area contributed by atoms with Gasteiger partial charge in [0.1, 0.15) is 4.90 Å². The molecule has 2 rings (SSSR count). The summed E-state index contributed by atoms with van der Waals surface area (Å²) in [6.07, 6.45) is 1.57. The number of nitrogens with zero attached hydrogens (tertiary/aromatic N) is 1. The summed E-state index contributed by atoms with van der Waals surface area (Å²) in [6, 6.07) is 4.59. The molecule has 0 unspecified atom stereocenters. The van der Waals surface area contributed by atoms with Gasteiger partial charge in [0, 0.05) is 5.02 Å². The van der Waals surface area contributed by atoms with Crippen LogP contribution in [-0.2, 0) is 10.0 Å². The number of halogens is 1. The molecule has 0 spiro atoms. The molecule has 0 radical (unpaired) electrons. The van der Waals surface area contributed by atoms with Gasteiger partial charge in [-0.15, -0.1) is 6.58 Å². The molecule has 2 N–H and O–H groups in total. The molecule has 1 aliphatic heterocycles. The van der Waals surface area contributed by atoms with Gasteiger partial charge in [0.05, 0.1) is 12.2 Å². The maximum atomic E-state index is 11.9. The van der Waals surface area contributed by atoms with Crippen molar-refractivity contribution >= 4 is 33.3 Å². The van der Waals surface area contributed by atoms with Crippen molar-refractivity contribution in [1.29, 1.82) is 0 Å². The van der Waals surface area contributed by atoms with Crippen molar-refractivity contribution < 1.29 is 8.42 Å². The van der Waals surface area contributed by atoms with Crippen molar-refractivity contribution in [2.24, 2.45) is 4.99 Å². The van der Waals surface area contributed by atoms with Gasteiger partial charge >= 0.3 is 0 Å². The Morgan fingerprint density at radius 3 is 2.94 bits per heavy atom. The predicted octanol–water partition coefficient (Wildman–Crippen LogP) is 1.59. The zero-order valence-corrected chi connectivity index (χ0v) is 10.3. The second kappa shape index (κ2) is 4.38. The molecule has 7 heteroatoms. The number of fused-ring (bicyclic) bond motifs is 1. The van der Waals surface area contributed by atoms with Crippen LogP contribution in [0.15, 0.2) is 40.7 Å². The lowest BCUT2D eigenvalue weighted by molar-refractivity contribution is 0.591. The average molecular weight is 272 g/mol. The summed E-state index contributed by atoms with van der Waals surface area (Å²) in [7, 11) is -3.61. The van der Waals surface area contributed by atoms with Gasteiger partial charge in [0.2, 0.25) is 5.96 Å². The highest BCUT2D eigenvalue weighted by atomic mass is 35.5. The molecule has 0 saturated heterocycles. The molecule has 0 amide bonds. The lowest BCUT2D eigenvalue weighted by Gasteiger charge is -2.21. The van der Waals surface area contributed by atoms with Crippen LogP contribution in [-0.4, -0.2) is 20.9 Å². The second-order valence-electron chi connectivity index (χ2n) is 3.35. The first-order valence-electron chi connectivity index (χ1n) is 4.77. The molecule has 0 atom stereocenters. The van der Waals surface area contributed by atoms with Crippen molar-refractivity contribution in [3.8, 4) is 0 Å². The van der Waals surface area contributed by atoms with Crippen LogP contribution in [0.2, 0.25) is 5.02 Å². The zero-order chi connectivity index (χ0) is 12.5. The molecule has 1 aliphatic rings. The van der Waals surface area contributed by atoms with E-state index in [0.29, 0.717) is 17.3 Å². The fraction of sp³-hybridized carbons (Fsp3) is 0.100. The van der Waals surface area contributed by atoms with E-state index < -0.39 is 10.0 Å². The molecule has 0 bridgehead atoms. The Morgan fingerprint density at radius 2 is 2.24 bits per heavy atom. The normalized spacial score (nSPS) is 19.0. The summed E-state index contributed by atoms with van der Waals surface area (Å²) in [4.78, 5) is 4.10. The molecule has 5 nitrogen and oxygen atoms in total. The van der Waals surface area contributed by atoms with Crippen LogP contribution < -0.4 is 10.0 Å². The van der Waals surface area contributed by atoms with E-state index in [9.17, 15) is 8.42 Å². The number of nitrogens with one attached hydrogen (secondary N) is 2. The Kier molecular flexibility index (Phi) is 3.08. The minimum absolute atomic E-state index is 0.113. The summed E-state index contributed by atoms with van der Waals surface area (Å²) in [5, 5.41) is 3.23. The first-order valence-corrected chi connectivity index (χ1v) is 6.64. The molecule has 0 saturated carbocycles. The van der Waals surface area contributed by atoms with Gasteiger partial charge in [-0.1, -0.05) is 17.7 Å². The number of hydrogen-bond donors (Lipinski definition) is 2. The Balaban J connectivity index is 2.48. The van der Waals surface area contributed by atoms with Crippen LogP contribution >= 0.6 is 11.6 Å². The topological polar surface area (TPSA) is 70.6 Å². The second-order valence-corrected chi connectivity index (χ2v) is 5.44. The number of anilines is 1. The Morgan fingerprint density at radius 1 is 1.47 bits per heavy atom. The quantitative estimate of drug-likeness (QED) is 0.803. The van der Waals surface area contributed by atoms with E-state index in [1.54, 1.807) is 18.2 Å². The summed E-state index contributed by atoms with van der Waals surface area (Å²) < 4.78 is 26.1. The number of hydrogen-bond acceptors (Lipinski definition) is 3. The maximum absolute atomic E-state index is 11.9.